The molecule has 0 bridgehead atoms. The Labute approximate surface area is 462 Å². The molecule has 438 valence electrons. The van der Waals surface area contributed by atoms with E-state index in [1.54, 1.807) is 0 Å². The smallest absolute Gasteiger partial charge is 0.305 e. The van der Waals surface area contributed by atoms with E-state index in [0.29, 0.717) is 25.9 Å². The second-order valence-corrected chi connectivity index (χ2v) is 23.1. The summed E-state index contributed by atoms with van der Waals surface area (Å²) in [6.45, 7) is 4.95. The van der Waals surface area contributed by atoms with Crippen LogP contribution in [0.2, 0.25) is 0 Å². The van der Waals surface area contributed by atoms with Crippen LogP contribution in [-0.4, -0.2) is 47.4 Å². The van der Waals surface area contributed by atoms with Crippen LogP contribution < -0.4 is 5.32 Å². The zero-order valence-corrected chi connectivity index (χ0v) is 50.1. The van der Waals surface area contributed by atoms with Crippen LogP contribution >= 0.6 is 0 Å². The van der Waals surface area contributed by atoms with Gasteiger partial charge in [0.15, 0.2) is 0 Å². The number of nitrogens with one attached hydrogen (secondary N) is 1. The van der Waals surface area contributed by atoms with Gasteiger partial charge >= 0.3 is 5.97 Å². The van der Waals surface area contributed by atoms with Gasteiger partial charge in [0.2, 0.25) is 5.91 Å². The van der Waals surface area contributed by atoms with Crippen LogP contribution in [0.5, 0.6) is 0 Å². The number of carbonyl (C=O) groups excluding carboxylic acids is 2. The average molecular weight is 1040 g/mol. The van der Waals surface area contributed by atoms with Gasteiger partial charge in [-0.25, -0.2) is 0 Å². The van der Waals surface area contributed by atoms with Gasteiger partial charge in [0.05, 0.1) is 25.4 Å². The largest absolute Gasteiger partial charge is 0.466 e. The Balaban J connectivity index is 3.42. The Bertz CT molecular complexity index is 1150. The summed E-state index contributed by atoms with van der Waals surface area (Å²) in [6, 6.07) is -0.547. The fraction of sp³-hybridized carbons (Fsp3) is 0.912. The average Bonchev–Trinajstić information content (AvgIpc) is 3.40. The van der Waals surface area contributed by atoms with E-state index in [1.165, 1.54) is 295 Å². The summed E-state index contributed by atoms with van der Waals surface area (Å²) in [6.07, 6.45) is 79.2. The SMILES string of the molecule is CCCCC/C=C\CCCCCCCC(=O)OCCCCCCCCCCCCCC/C=C\CCCCCCCCCC(=O)NC(CO)C(O)CCCCCCCCCCCCCCCCCCCCCCCC. The van der Waals surface area contributed by atoms with Crippen LogP contribution in [-0.2, 0) is 14.3 Å². The third-order valence-corrected chi connectivity index (χ3v) is 15.7. The normalized spacial score (nSPS) is 12.6. The lowest BCUT2D eigenvalue weighted by Gasteiger charge is -2.22. The van der Waals surface area contributed by atoms with Crippen molar-refractivity contribution >= 4 is 11.9 Å². The highest BCUT2D eigenvalue weighted by molar-refractivity contribution is 5.76. The minimum Gasteiger partial charge on any atom is -0.466 e. The third kappa shape index (κ3) is 59.6. The van der Waals surface area contributed by atoms with E-state index in [2.05, 4.69) is 43.5 Å². The number of ether oxygens (including phenoxy) is 1. The minimum absolute atomic E-state index is 0.00205. The quantitative estimate of drug-likeness (QED) is 0.0320. The van der Waals surface area contributed by atoms with Gasteiger partial charge in [-0.3, -0.25) is 9.59 Å². The number of carbonyl (C=O) groups is 2. The lowest BCUT2D eigenvalue weighted by molar-refractivity contribution is -0.143. The number of amides is 1. The van der Waals surface area contributed by atoms with Crippen molar-refractivity contribution in [1.82, 2.24) is 5.32 Å². The van der Waals surface area contributed by atoms with Crippen LogP contribution in [0, 0.1) is 0 Å². The summed E-state index contributed by atoms with van der Waals surface area (Å²) >= 11 is 0. The van der Waals surface area contributed by atoms with Crippen molar-refractivity contribution in [3.8, 4) is 0 Å². The van der Waals surface area contributed by atoms with Gasteiger partial charge in [-0.2, -0.15) is 0 Å². The number of allylic oxidation sites excluding steroid dienone is 4. The topological polar surface area (TPSA) is 95.9 Å². The van der Waals surface area contributed by atoms with Crippen LogP contribution in [0.1, 0.15) is 373 Å². The van der Waals surface area contributed by atoms with Crippen LogP contribution in [0.4, 0.5) is 0 Å². The van der Waals surface area contributed by atoms with E-state index in [-0.39, 0.29) is 18.5 Å². The molecule has 0 aromatic rings. The van der Waals surface area contributed by atoms with Crippen LogP contribution in [0.25, 0.3) is 0 Å². The fourth-order valence-electron chi connectivity index (χ4n) is 10.6. The highest BCUT2D eigenvalue weighted by Gasteiger charge is 2.20. The van der Waals surface area contributed by atoms with Crippen molar-refractivity contribution in [1.29, 1.82) is 0 Å². The maximum absolute atomic E-state index is 12.5. The zero-order valence-electron chi connectivity index (χ0n) is 50.1. The first-order chi connectivity index (χ1) is 36.5. The van der Waals surface area contributed by atoms with Gasteiger partial charge in [0, 0.05) is 12.8 Å². The van der Waals surface area contributed by atoms with E-state index in [4.69, 9.17) is 4.74 Å². The van der Waals surface area contributed by atoms with Gasteiger partial charge in [0.1, 0.15) is 0 Å². The lowest BCUT2D eigenvalue weighted by atomic mass is 10.0. The second-order valence-electron chi connectivity index (χ2n) is 23.1. The third-order valence-electron chi connectivity index (χ3n) is 15.7. The molecule has 0 saturated carbocycles. The van der Waals surface area contributed by atoms with Gasteiger partial charge < -0.3 is 20.3 Å². The summed E-state index contributed by atoms with van der Waals surface area (Å²) in [5.74, 6) is -0.0353. The van der Waals surface area contributed by atoms with Crippen molar-refractivity contribution < 1.29 is 24.5 Å². The zero-order chi connectivity index (χ0) is 53.6. The van der Waals surface area contributed by atoms with Gasteiger partial charge in [-0.1, -0.05) is 308 Å². The highest BCUT2D eigenvalue weighted by Crippen LogP contribution is 2.18. The van der Waals surface area contributed by atoms with Gasteiger partial charge in [-0.15, -0.1) is 0 Å². The van der Waals surface area contributed by atoms with Crippen LogP contribution in [0.3, 0.4) is 0 Å². The minimum atomic E-state index is -0.669. The molecule has 0 heterocycles. The molecule has 0 spiro atoms. The molecule has 1 amide bonds. The predicted octanol–water partition coefficient (Wildman–Crippen LogP) is 21.4. The van der Waals surface area contributed by atoms with Crippen molar-refractivity contribution in [2.45, 2.75) is 386 Å². The Morgan fingerprint density at radius 1 is 0.365 bits per heavy atom. The summed E-state index contributed by atoms with van der Waals surface area (Å²) in [7, 11) is 0. The van der Waals surface area contributed by atoms with Gasteiger partial charge in [0.25, 0.3) is 0 Å². The molecule has 0 aliphatic rings. The number of unbranched alkanes of at least 4 members (excludes halogenated alkanes) is 48. The number of hydrogen-bond donors (Lipinski definition) is 3. The molecule has 74 heavy (non-hydrogen) atoms. The molecule has 6 nitrogen and oxygen atoms in total. The number of rotatable bonds is 63. The maximum atomic E-state index is 12.5. The van der Waals surface area contributed by atoms with E-state index in [0.717, 1.165) is 44.9 Å². The Kier molecular flexibility index (Phi) is 62.4. The molecule has 0 aliphatic heterocycles. The molecule has 0 radical (unpaired) electrons. The van der Waals surface area contributed by atoms with E-state index in [9.17, 15) is 19.8 Å². The first-order valence-electron chi connectivity index (χ1n) is 33.6. The van der Waals surface area contributed by atoms with Crippen molar-refractivity contribution in [3.05, 3.63) is 24.3 Å². The molecule has 0 aromatic carbocycles. The van der Waals surface area contributed by atoms with Crippen molar-refractivity contribution in [2.24, 2.45) is 0 Å². The molecule has 0 aromatic heterocycles. The number of esters is 1. The molecular weight excluding hydrogens is 911 g/mol. The number of aliphatic hydroxyl groups excluding tert-OH is 2. The number of aliphatic hydroxyl groups is 2. The summed E-state index contributed by atoms with van der Waals surface area (Å²) in [4.78, 5) is 24.6. The molecule has 0 rings (SSSR count). The van der Waals surface area contributed by atoms with E-state index >= 15 is 0 Å². The summed E-state index contributed by atoms with van der Waals surface area (Å²) < 4.78 is 5.47. The molecular formula is C68H131NO5. The predicted molar refractivity (Wildman–Crippen MR) is 324 cm³/mol. The van der Waals surface area contributed by atoms with Crippen molar-refractivity contribution in [2.75, 3.05) is 13.2 Å². The molecule has 2 unspecified atom stereocenters. The highest BCUT2D eigenvalue weighted by atomic mass is 16.5. The number of hydrogen-bond acceptors (Lipinski definition) is 5. The van der Waals surface area contributed by atoms with Crippen molar-refractivity contribution in [3.63, 3.8) is 0 Å². The monoisotopic (exact) mass is 1040 g/mol. The standard InChI is InChI=1S/C68H131NO5/c1-3-5-7-9-11-13-15-17-18-19-20-21-25-28-31-34-37-40-44-48-52-56-60-66(71)65(64-70)69-67(72)61-57-53-49-45-41-38-35-32-29-26-23-22-24-27-30-33-36-39-43-47-51-55-59-63-74-68(73)62-58-54-50-46-42-16-14-12-10-8-6-4-2/h12,14,26,29,65-66,70-71H,3-11,13,15-25,27-28,30-64H2,1-2H3,(H,69,72)/b14-12-,29-26-. The van der Waals surface area contributed by atoms with E-state index in [1.807, 2.05) is 0 Å². The van der Waals surface area contributed by atoms with Crippen LogP contribution in [0.15, 0.2) is 24.3 Å². The Morgan fingerprint density at radius 2 is 0.635 bits per heavy atom. The lowest BCUT2D eigenvalue weighted by Crippen LogP contribution is -2.45. The molecule has 0 fully saturated rings. The molecule has 0 aliphatic carbocycles. The first-order valence-corrected chi connectivity index (χ1v) is 33.6. The Morgan fingerprint density at radius 3 is 0.986 bits per heavy atom. The summed E-state index contributed by atoms with van der Waals surface area (Å²) in [5.41, 5.74) is 0. The van der Waals surface area contributed by atoms with Gasteiger partial charge in [-0.05, 0) is 77.0 Å². The molecule has 3 N–H and O–H groups in total. The van der Waals surface area contributed by atoms with E-state index < -0.39 is 12.1 Å². The summed E-state index contributed by atoms with van der Waals surface area (Å²) in [5, 5.41) is 23.4. The molecule has 0 saturated heterocycles. The molecule has 2 atom stereocenters. The second kappa shape index (κ2) is 63.9. The first kappa shape index (κ1) is 72.3. The fourth-order valence-corrected chi connectivity index (χ4v) is 10.6. The maximum Gasteiger partial charge on any atom is 0.305 e. The Hall–Kier alpha value is -1.66. The molecule has 6 heteroatoms.